The van der Waals surface area contributed by atoms with Crippen molar-refractivity contribution in [1.82, 2.24) is 4.98 Å². The second kappa shape index (κ2) is 8.95. The summed E-state index contributed by atoms with van der Waals surface area (Å²) in [5, 5.41) is 7.63. The third-order valence-electron chi connectivity index (χ3n) is 3.28. The van der Waals surface area contributed by atoms with Crippen LogP contribution in [0.15, 0.2) is 22.9 Å². The van der Waals surface area contributed by atoms with Gasteiger partial charge in [-0.15, -0.1) is 22.7 Å². The molecule has 114 valence electrons. The zero-order valence-corrected chi connectivity index (χ0v) is 14.1. The fourth-order valence-electron chi connectivity index (χ4n) is 2.12. The molecule has 0 unspecified atom stereocenters. The van der Waals surface area contributed by atoms with E-state index in [2.05, 4.69) is 17.2 Å². The third kappa shape index (κ3) is 5.59. The van der Waals surface area contributed by atoms with Gasteiger partial charge in [0.05, 0.1) is 10.6 Å². The topological polar surface area (TPSA) is 42.0 Å². The SMILES string of the molecule is CCCCCCCCC(=O)Nc1nc(-c2cccs2)cs1. The van der Waals surface area contributed by atoms with Crippen molar-refractivity contribution in [2.75, 3.05) is 5.32 Å². The molecule has 21 heavy (non-hydrogen) atoms. The van der Waals surface area contributed by atoms with Gasteiger partial charge in [-0.3, -0.25) is 4.79 Å². The first-order chi connectivity index (χ1) is 10.3. The van der Waals surface area contributed by atoms with Crippen LogP contribution in [0.1, 0.15) is 51.9 Å². The summed E-state index contributed by atoms with van der Waals surface area (Å²) in [5.41, 5.74) is 0.949. The maximum absolute atomic E-state index is 11.9. The van der Waals surface area contributed by atoms with Crippen LogP contribution in [0.5, 0.6) is 0 Å². The maximum atomic E-state index is 11.9. The molecule has 0 radical (unpaired) electrons. The highest BCUT2D eigenvalue weighted by molar-refractivity contribution is 7.16. The number of nitrogens with one attached hydrogen (secondary N) is 1. The maximum Gasteiger partial charge on any atom is 0.226 e. The Balaban J connectivity index is 1.68. The lowest BCUT2D eigenvalue weighted by atomic mass is 10.1. The van der Waals surface area contributed by atoms with Gasteiger partial charge in [0.1, 0.15) is 0 Å². The molecular formula is C16H22N2OS2. The predicted molar refractivity (Wildman–Crippen MR) is 92.0 cm³/mol. The Kier molecular flexibility index (Phi) is 6.89. The second-order valence-corrected chi connectivity index (χ2v) is 6.89. The van der Waals surface area contributed by atoms with E-state index in [-0.39, 0.29) is 5.91 Å². The lowest BCUT2D eigenvalue weighted by Crippen LogP contribution is -2.10. The lowest BCUT2D eigenvalue weighted by molar-refractivity contribution is -0.116. The molecule has 0 saturated heterocycles. The van der Waals surface area contributed by atoms with Gasteiger partial charge >= 0.3 is 0 Å². The standard InChI is InChI=1S/C16H22N2OS2/c1-2-3-4-5-6-7-10-15(19)18-16-17-13(12-21-16)14-9-8-11-20-14/h8-9,11-12H,2-7,10H2,1H3,(H,17,18,19). The van der Waals surface area contributed by atoms with E-state index in [1.54, 1.807) is 11.3 Å². The van der Waals surface area contributed by atoms with Crippen molar-refractivity contribution < 1.29 is 4.79 Å². The number of hydrogen-bond donors (Lipinski definition) is 1. The number of anilines is 1. The minimum absolute atomic E-state index is 0.0811. The molecule has 1 N–H and O–H groups in total. The van der Waals surface area contributed by atoms with E-state index in [4.69, 9.17) is 0 Å². The number of rotatable bonds is 9. The molecule has 0 fully saturated rings. The summed E-state index contributed by atoms with van der Waals surface area (Å²) < 4.78 is 0. The van der Waals surface area contributed by atoms with Gasteiger partial charge in [0.2, 0.25) is 5.91 Å². The Bertz CT molecular complexity index is 534. The van der Waals surface area contributed by atoms with Crippen molar-refractivity contribution in [2.45, 2.75) is 51.9 Å². The van der Waals surface area contributed by atoms with Crippen LogP contribution in [-0.2, 0) is 4.79 Å². The minimum Gasteiger partial charge on any atom is -0.302 e. The molecule has 0 aromatic carbocycles. The van der Waals surface area contributed by atoms with E-state index in [1.165, 1.54) is 37.0 Å². The van der Waals surface area contributed by atoms with E-state index in [0.29, 0.717) is 11.6 Å². The summed E-state index contributed by atoms with van der Waals surface area (Å²) in [6.07, 6.45) is 7.80. The molecule has 5 heteroatoms. The van der Waals surface area contributed by atoms with Gasteiger partial charge in [0, 0.05) is 11.8 Å². The second-order valence-electron chi connectivity index (χ2n) is 5.08. The van der Waals surface area contributed by atoms with Crippen LogP contribution in [0, 0.1) is 0 Å². The molecule has 0 aliphatic rings. The van der Waals surface area contributed by atoms with E-state index in [0.717, 1.165) is 23.4 Å². The fraction of sp³-hybridized carbons (Fsp3) is 0.500. The van der Waals surface area contributed by atoms with Gasteiger partial charge in [-0.1, -0.05) is 45.1 Å². The number of aromatic nitrogens is 1. The van der Waals surface area contributed by atoms with Crippen molar-refractivity contribution in [1.29, 1.82) is 0 Å². The van der Waals surface area contributed by atoms with Crippen LogP contribution in [0.25, 0.3) is 10.6 Å². The number of hydrogen-bond acceptors (Lipinski definition) is 4. The van der Waals surface area contributed by atoms with Gasteiger partial charge < -0.3 is 5.32 Å². The quantitative estimate of drug-likeness (QED) is 0.614. The highest BCUT2D eigenvalue weighted by atomic mass is 32.1. The summed E-state index contributed by atoms with van der Waals surface area (Å²) in [5.74, 6) is 0.0811. The zero-order chi connectivity index (χ0) is 14.9. The molecule has 1 amide bonds. The summed E-state index contributed by atoms with van der Waals surface area (Å²) in [6.45, 7) is 2.21. The van der Waals surface area contributed by atoms with Crippen molar-refractivity contribution in [3.05, 3.63) is 22.9 Å². The van der Waals surface area contributed by atoms with Crippen molar-refractivity contribution in [2.24, 2.45) is 0 Å². The average molecular weight is 322 g/mol. The molecule has 2 aromatic heterocycles. The highest BCUT2D eigenvalue weighted by Gasteiger charge is 2.08. The number of nitrogens with zero attached hydrogens (tertiary/aromatic N) is 1. The molecule has 2 rings (SSSR count). The molecule has 0 aliphatic carbocycles. The zero-order valence-electron chi connectivity index (χ0n) is 12.4. The average Bonchev–Trinajstić information content (AvgIpc) is 3.13. The number of thiazole rings is 1. The Morgan fingerprint density at radius 1 is 1.19 bits per heavy atom. The van der Waals surface area contributed by atoms with Crippen molar-refractivity contribution in [3.63, 3.8) is 0 Å². The van der Waals surface area contributed by atoms with Crippen LogP contribution in [0.3, 0.4) is 0 Å². The van der Waals surface area contributed by atoms with Gasteiger partial charge in [-0.25, -0.2) is 4.98 Å². The monoisotopic (exact) mass is 322 g/mol. The Hall–Kier alpha value is -1.20. The third-order valence-corrected chi connectivity index (χ3v) is 4.93. The Morgan fingerprint density at radius 2 is 2.00 bits per heavy atom. The number of thiophene rings is 1. The largest absolute Gasteiger partial charge is 0.302 e. The van der Waals surface area contributed by atoms with Gasteiger partial charge in [-0.2, -0.15) is 0 Å². The minimum atomic E-state index is 0.0811. The van der Waals surface area contributed by atoms with Crippen LogP contribution >= 0.6 is 22.7 Å². The van der Waals surface area contributed by atoms with E-state index in [1.807, 2.05) is 22.9 Å². The van der Waals surface area contributed by atoms with E-state index < -0.39 is 0 Å². The van der Waals surface area contributed by atoms with Gasteiger partial charge in [0.15, 0.2) is 5.13 Å². The molecule has 0 bridgehead atoms. The van der Waals surface area contributed by atoms with Crippen molar-refractivity contribution in [3.8, 4) is 10.6 Å². The van der Waals surface area contributed by atoms with Crippen LogP contribution in [0.2, 0.25) is 0 Å². The molecule has 3 nitrogen and oxygen atoms in total. The van der Waals surface area contributed by atoms with Crippen LogP contribution < -0.4 is 5.32 Å². The van der Waals surface area contributed by atoms with E-state index >= 15 is 0 Å². The molecular weight excluding hydrogens is 300 g/mol. The van der Waals surface area contributed by atoms with Crippen LogP contribution in [-0.4, -0.2) is 10.9 Å². The van der Waals surface area contributed by atoms with Gasteiger partial charge in [-0.05, 0) is 17.9 Å². The molecule has 0 saturated carbocycles. The molecule has 2 heterocycles. The number of amides is 1. The fourth-order valence-corrected chi connectivity index (χ4v) is 3.60. The molecule has 0 atom stereocenters. The smallest absolute Gasteiger partial charge is 0.226 e. The summed E-state index contributed by atoms with van der Waals surface area (Å²) in [6, 6.07) is 4.05. The summed E-state index contributed by atoms with van der Waals surface area (Å²) >= 11 is 3.15. The number of unbranched alkanes of at least 4 members (excludes halogenated alkanes) is 5. The lowest BCUT2D eigenvalue weighted by Gasteiger charge is -2.02. The number of carbonyl (C=O) groups is 1. The first kappa shape index (κ1) is 16.2. The van der Waals surface area contributed by atoms with E-state index in [9.17, 15) is 4.79 Å². The first-order valence-electron chi connectivity index (χ1n) is 7.59. The summed E-state index contributed by atoms with van der Waals surface area (Å²) in [7, 11) is 0. The molecule has 0 spiro atoms. The Labute approximate surface area is 134 Å². The predicted octanol–water partition coefficient (Wildman–Crippen LogP) is 5.56. The normalized spacial score (nSPS) is 10.7. The highest BCUT2D eigenvalue weighted by Crippen LogP contribution is 2.28. The van der Waals surface area contributed by atoms with Crippen LogP contribution in [0.4, 0.5) is 5.13 Å². The van der Waals surface area contributed by atoms with Gasteiger partial charge in [0.25, 0.3) is 0 Å². The first-order valence-corrected chi connectivity index (χ1v) is 9.34. The molecule has 0 aliphatic heterocycles. The summed E-state index contributed by atoms with van der Waals surface area (Å²) in [4.78, 5) is 17.5. The number of carbonyl (C=O) groups excluding carboxylic acids is 1. The van der Waals surface area contributed by atoms with Crippen molar-refractivity contribution >= 4 is 33.7 Å². The Morgan fingerprint density at radius 3 is 2.76 bits per heavy atom. The molecule has 2 aromatic rings.